The van der Waals surface area contributed by atoms with Crippen molar-refractivity contribution in [3.05, 3.63) is 70.8 Å². The Morgan fingerprint density at radius 3 is 1.83 bits per heavy atom. The van der Waals surface area contributed by atoms with E-state index in [2.05, 4.69) is 62.4 Å². The quantitative estimate of drug-likeness (QED) is 0.696. The fraction of sp³-hybridized carbons (Fsp3) is 0.455. The normalized spacial score (nSPS) is 21.3. The van der Waals surface area contributed by atoms with Crippen molar-refractivity contribution in [2.45, 2.75) is 58.7 Å². The average molecular weight is 308 g/mol. The molecule has 122 valence electrons. The second kappa shape index (κ2) is 7.79. The van der Waals surface area contributed by atoms with Crippen LogP contribution < -0.4 is 0 Å². The zero-order chi connectivity index (χ0) is 16.1. The second-order valence-electron chi connectivity index (χ2n) is 7.13. The van der Waals surface area contributed by atoms with Gasteiger partial charge in [-0.15, -0.1) is 0 Å². The van der Waals surface area contributed by atoms with E-state index in [-0.39, 0.29) is 0 Å². The van der Waals surface area contributed by atoms with Crippen molar-refractivity contribution in [2.75, 3.05) is 0 Å². The molecule has 2 aromatic rings. The maximum atomic E-state index is 6.12. The Hall–Kier alpha value is -1.60. The monoisotopic (exact) mass is 308 g/mol. The van der Waals surface area contributed by atoms with Gasteiger partial charge in [0, 0.05) is 0 Å². The third-order valence-electron chi connectivity index (χ3n) is 5.05. The van der Waals surface area contributed by atoms with E-state index < -0.39 is 0 Å². The predicted octanol–water partition coefficient (Wildman–Crippen LogP) is 5.62. The van der Waals surface area contributed by atoms with Gasteiger partial charge in [-0.2, -0.15) is 0 Å². The van der Waals surface area contributed by atoms with E-state index in [1.807, 2.05) is 0 Å². The lowest BCUT2D eigenvalue weighted by Gasteiger charge is -2.28. The SMILES string of the molecule is Cc1ccc(COC2CCC(Cc3ccc(C)cc3)CC2)cc1. The topological polar surface area (TPSA) is 9.23 Å². The maximum Gasteiger partial charge on any atom is 0.0720 e. The largest absolute Gasteiger partial charge is 0.374 e. The molecule has 23 heavy (non-hydrogen) atoms. The van der Waals surface area contributed by atoms with Crippen LogP contribution in [-0.2, 0) is 17.8 Å². The van der Waals surface area contributed by atoms with Crippen LogP contribution in [0.1, 0.15) is 47.9 Å². The molecular weight excluding hydrogens is 280 g/mol. The van der Waals surface area contributed by atoms with Crippen molar-refractivity contribution < 1.29 is 4.74 Å². The molecule has 0 aromatic heterocycles. The van der Waals surface area contributed by atoms with Gasteiger partial charge in [-0.05, 0) is 63.0 Å². The Kier molecular flexibility index (Phi) is 5.51. The molecule has 0 radical (unpaired) electrons. The molecule has 0 bridgehead atoms. The summed E-state index contributed by atoms with van der Waals surface area (Å²) in [7, 11) is 0. The molecule has 0 unspecified atom stereocenters. The summed E-state index contributed by atoms with van der Waals surface area (Å²) in [6.07, 6.45) is 6.69. The molecule has 1 saturated carbocycles. The van der Waals surface area contributed by atoms with Crippen molar-refractivity contribution in [3.8, 4) is 0 Å². The number of rotatable bonds is 5. The van der Waals surface area contributed by atoms with Gasteiger partial charge in [0.2, 0.25) is 0 Å². The minimum absolute atomic E-state index is 0.450. The van der Waals surface area contributed by atoms with E-state index in [0.29, 0.717) is 6.10 Å². The van der Waals surface area contributed by atoms with Crippen molar-refractivity contribution in [2.24, 2.45) is 5.92 Å². The van der Waals surface area contributed by atoms with Gasteiger partial charge in [-0.3, -0.25) is 0 Å². The van der Waals surface area contributed by atoms with Gasteiger partial charge in [0.15, 0.2) is 0 Å². The van der Waals surface area contributed by atoms with E-state index >= 15 is 0 Å². The van der Waals surface area contributed by atoms with Crippen LogP contribution in [0.15, 0.2) is 48.5 Å². The van der Waals surface area contributed by atoms with Crippen LogP contribution in [-0.4, -0.2) is 6.10 Å². The van der Waals surface area contributed by atoms with E-state index in [1.54, 1.807) is 0 Å². The first-order valence-electron chi connectivity index (χ1n) is 8.92. The van der Waals surface area contributed by atoms with Crippen LogP contribution in [0.2, 0.25) is 0 Å². The third-order valence-corrected chi connectivity index (χ3v) is 5.05. The highest BCUT2D eigenvalue weighted by Gasteiger charge is 2.21. The molecule has 0 heterocycles. The fourth-order valence-electron chi connectivity index (χ4n) is 3.46. The molecule has 0 N–H and O–H groups in total. The average Bonchev–Trinajstić information content (AvgIpc) is 2.58. The fourth-order valence-corrected chi connectivity index (χ4v) is 3.46. The van der Waals surface area contributed by atoms with E-state index in [0.717, 1.165) is 12.5 Å². The van der Waals surface area contributed by atoms with Crippen molar-refractivity contribution in [1.82, 2.24) is 0 Å². The summed E-state index contributed by atoms with van der Waals surface area (Å²) in [5.74, 6) is 0.830. The minimum Gasteiger partial charge on any atom is -0.374 e. The Morgan fingerprint density at radius 2 is 1.26 bits per heavy atom. The first kappa shape index (κ1) is 16.3. The van der Waals surface area contributed by atoms with Crippen molar-refractivity contribution in [1.29, 1.82) is 0 Å². The lowest BCUT2D eigenvalue weighted by molar-refractivity contribution is 0.00717. The number of hydrogen-bond acceptors (Lipinski definition) is 1. The molecule has 0 saturated heterocycles. The Balaban J connectivity index is 1.41. The van der Waals surface area contributed by atoms with Gasteiger partial charge in [0.05, 0.1) is 12.7 Å². The molecule has 2 aromatic carbocycles. The lowest BCUT2D eigenvalue weighted by atomic mass is 9.83. The molecule has 1 nitrogen and oxygen atoms in total. The summed E-state index contributed by atoms with van der Waals surface area (Å²) >= 11 is 0. The Labute approximate surface area is 140 Å². The summed E-state index contributed by atoms with van der Waals surface area (Å²) in [6, 6.07) is 17.7. The molecule has 1 aliphatic carbocycles. The van der Waals surface area contributed by atoms with Crippen molar-refractivity contribution >= 4 is 0 Å². The highest BCUT2D eigenvalue weighted by Crippen LogP contribution is 2.29. The predicted molar refractivity (Wildman–Crippen MR) is 96.6 cm³/mol. The van der Waals surface area contributed by atoms with Gasteiger partial charge < -0.3 is 4.74 Å². The number of hydrogen-bond donors (Lipinski definition) is 0. The molecule has 0 atom stereocenters. The highest BCUT2D eigenvalue weighted by molar-refractivity contribution is 5.22. The van der Waals surface area contributed by atoms with Crippen LogP contribution in [0.25, 0.3) is 0 Å². The molecule has 0 spiro atoms. The van der Waals surface area contributed by atoms with Crippen molar-refractivity contribution in [3.63, 3.8) is 0 Å². The molecule has 0 amide bonds. The first-order chi connectivity index (χ1) is 11.2. The third kappa shape index (κ3) is 4.94. The number of aryl methyl sites for hydroxylation is 2. The first-order valence-corrected chi connectivity index (χ1v) is 8.92. The van der Waals surface area contributed by atoms with Crippen LogP contribution in [0, 0.1) is 19.8 Å². The summed E-state index contributed by atoms with van der Waals surface area (Å²) < 4.78 is 6.12. The van der Waals surface area contributed by atoms with Gasteiger partial charge in [0.1, 0.15) is 0 Å². The molecular formula is C22H28O. The van der Waals surface area contributed by atoms with E-state index in [4.69, 9.17) is 4.74 Å². The summed E-state index contributed by atoms with van der Waals surface area (Å²) in [5, 5.41) is 0. The minimum atomic E-state index is 0.450. The summed E-state index contributed by atoms with van der Waals surface area (Å²) in [5.41, 5.74) is 5.43. The maximum absolute atomic E-state index is 6.12. The smallest absolute Gasteiger partial charge is 0.0720 e. The summed E-state index contributed by atoms with van der Waals surface area (Å²) in [6.45, 7) is 5.04. The Bertz CT molecular complexity index is 589. The highest BCUT2D eigenvalue weighted by atomic mass is 16.5. The van der Waals surface area contributed by atoms with E-state index in [9.17, 15) is 0 Å². The van der Waals surface area contributed by atoms with Crippen LogP contribution in [0.5, 0.6) is 0 Å². The van der Waals surface area contributed by atoms with E-state index in [1.165, 1.54) is 54.4 Å². The molecule has 1 aliphatic rings. The van der Waals surface area contributed by atoms with Gasteiger partial charge in [-0.25, -0.2) is 0 Å². The number of benzene rings is 2. The molecule has 3 rings (SSSR count). The van der Waals surface area contributed by atoms with Crippen LogP contribution in [0.3, 0.4) is 0 Å². The zero-order valence-electron chi connectivity index (χ0n) is 14.4. The molecule has 0 aliphatic heterocycles. The van der Waals surface area contributed by atoms with Crippen LogP contribution in [0.4, 0.5) is 0 Å². The molecule has 1 fully saturated rings. The molecule has 1 heteroatoms. The second-order valence-corrected chi connectivity index (χ2v) is 7.13. The van der Waals surface area contributed by atoms with Gasteiger partial charge >= 0.3 is 0 Å². The number of ether oxygens (including phenoxy) is 1. The summed E-state index contributed by atoms with van der Waals surface area (Å²) in [4.78, 5) is 0. The lowest BCUT2D eigenvalue weighted by Crippen LogP contribution is -2.22. The van der Waals surface area contributed by atoms with Gasteiger partial charge in [0.25, 0.3) is 0 Å². The van der Waals surface area contributed by atoms with Crippen LogP contribution >= 0.6 is 0 Å². The van der Waals surface area contributed by atoms with Gasteiger partial charge in [-0.1, -0.05) is 59.7 Å². The Morgan fingerprint density at radius 1 is 0.739 bits per heavy atom. The standard InChI is InChI=1S/C22H28O/c1-17-3-7-19(8-4-17)15-20-11-13-22(14-12-20)23-16-21-9-5-18(2)6-10-21/h3-10,20,22H,11-16H2,1-2H3. The zero-order valence-corrected chi connectivity index (χ0v) is 14.4.